The number of ether oxygens (including phenoxy) is 4. The summed E-state index contributed by atoms with van der Waals surface area (Å²) in [6.07, 6.45) is 6.63. The fraction of sp³-hybridized carbons (Fsp3) is 0.696. The SMILES string of the molecule is COCO[C@@]1(Cc2cc(OC3CCC(C)CC3)ccn2)C(=O)N(COC)[C@H]1CSC(C)=O. The van der Waals surface area contributed by atoms with Crippen molar-refractivity contribution >= 4 is 22.8 Å². The van der Waals surface area contributed by atoms with Gasteiger partial charge in [0.25, 0.3) is 5.91 Å². The van der Waals surface area contributed by atoms with E-state index < -0.39 is 5.60 Å². The van der Waals surface area contributed by atoms with Crippen LogP contribution in [0.1, 0.15) is 45.2 Å². The maximum absolute atomic E-state index is 13.2. The largest absolute Gasteiger partial charge is 0.490 e. The highest BCUT2D eigenvalue weighted by Crippen LogP contribution is 2.40. The van der Waals surface area contributed by atoms with Crippen LogP contribution in [0.2, 0.25) is 0 Å². The summed E-state index contributed by atoms with van der Waals surface area (Å²) in [5.74, 6) is 1.72. The zero-order valence-corrected chi connectivity index (χ0v) is 20.2. The van der Waals surface area contributed by atoms with Gasteiger partial charge in [0.15, 0.2) is 10.7 Å². The van der Waals surface area contributed by atoms with Gasteiger partial charge in [-0.3, -0.25) is 14.6 Å². The van der Waals surface area contributed by atoms with Crippen LogP contribution in [0.25, 0.3) is 0 Å². The molecule has 0 N–H and O–H groups in total. The average molecular weight is 467 g/mol. The molecule has 178 valence electrons. The molecule has 9 heteroatoms. The summed E-state index contributed by atoms with van der Waals surface area (Å²) in [7, 11) is 3.05. The van der Waals surface area contributed by atoms with Crippen LogP contribution >= 0.6 is 11.8 Å². The minimum Gasteiger partial charge on any atom is -0.490 e. The highest BCUT2D eigenvalue weighted by molar-refractivity contribution is 8.13. The number of β-lactam (4-membered cyclic amide) rings is 1. The van der Waals surface area contributed by atoms with E-state index in [-0.39, 0.29) is 43.1 Å². The van der Waals surface area contributed by atoms with E-state index in [1.807, 2.05) is 12.1 Å². The van der Waals surface area contributed by atoms with Gasteiger partial charge in [0.1, 0.15) is 19.3 Å². The van der Waals surface area contributed by atoms with E-state index in [4.69, 9.17) is 18.9 Å². The van der Waals surface area contributed by atoms with Gasteiger partial charge in [-0.2, -0.15) is 0 Å². The number of hydrogen-bond acceptors (Lipinski definition) is 8. The van der Waals surface area contributed by atoms with Crippen LogP contribution in [-0.4, -0.2) is 72.1 Å². The number of methoxy groups -OCH3 is 2. The first-order chi connectivity index (χ1) is 15.4. The molecule has 1 aliphatic heterocycles. The first-order valence-corrected chi connectivity index (χ1v) is 12.1. The molecule has 8 nitrogen and oxygen atoms in total. The van der Waals surface area contributed by atoms with Crippen molar-refractivity contribution < 1.29 is 28.5 Å². The molecule has 0 bridgehead atoms. The summed E-state index contributed by atoms with van der Waals surface area (Å²) >= 11 is 1.17. The van der Waals surface area contributed by atoms with Gasteiger partial charge in [-0.15, -0.1) is 0 Å². The Morgan fingerprint density at radius 1 is 1.25 bits per heavy atom. The molecule has 1 aromatic heterocycles. The molecule has 3 rings (SSSR count). The predicted molar refractivity (Wildman–Crippen MR) is 121 cm³/mol. The number of likely N-dealkylation sites (tertiary alicyclic amines) is 1. The number of nitrogens with zero attached hydrogens (tertiary/aromatic N) is 2. The van der Waals surface area contributed by atoms with Gasteiger partial charge in [0.2, 0.25) is 0 Å². The third-order valence-electron chi connectivity index (χ3n) is 6.18. The van der Waals surface area contributed by atoms with Crippen LogP contribution in [0.4, 0.5) is 0 Å². The molecule has 2 fully saturated rings. The molecule has 1 aromatic rings. The lowest BCUT2D eigenvalue weighted by Crippen LogP contribution is -2.77. The highest BCUT2D eigenvalue weighted by Gasteiger charge is 2.62. The Labute approximate surface area is 194 Å². The Morgan fingerprint density at radius 2 is 2.00 bits per heavy atom. The minimum absolute atomic E-state index is 0.0160. The summed E-state index contributed by atoms with van der Waals surface area (Å²) in [5.41, 5.74) is -0.464. The molecule has 0 radical (unpaired) electrons. The molecule has 2 atom stereocenters. The Kier molecular flexibility index (Phi) is 8.93. The van der Waals surface area contributed by atoms with Crippen LogP contribution in [0.15, 0.2) is 18.3 Å². The normalized spacial score (nSPS) is 27.8. The summed E-state index contributed by atoms with van der Waals surface area (Å²) in [4.78, 5) is 30.9. The number of thioether (sulfide) groups is 1. The Hall–Kier alpha value is -1.68. The predicted octanol–water partition coefficient (Wildman–Crippen LogP) is 3.04. The second-order valence-electron chi connectivity index (χ2n) is 8.61. The van der Waals surface area contributed by atoms with Crippen LogP contribution in [0.3, 0.4) is 0 Å². The van der Waals surface area contributed by atoms with Gasteiger partial charge in [-0.25, -0.2) is 0 Å². The van der Waals surface area contributed by atoms with Crippen molar-refractivity contribution in [3.8, 4) is 5.75 Å². The van der Waals surface area contributed by atoms with Crippen molar-refractivity contribution in [2.24, 2.45) is 5.92 Å². The third kappa shape index (κ3) is 5.81. The molecule has 2 heterocycles. The minimum atomic E-state index is -1.16. The van der Waals surface area contributed by atoms with Gasteiger partial charge in [0.05, 0.1) is 12.1 Å². The van der Waals surface area contributed by atoms with Crippen molar-refractivity contribution in [3.63, 3.8) is 0 Å². The fourth-order valence-corrected chi connectivity index (χ4v) is 5.26. The third-order valence-corrected chi connectivity index (χ3v) is 7.07. The molecule has 32 heavy (non-hydrogen) atoms. The molecule has 0 aromatic carbocycles. The first kappa shape index (κ1) is 25.0. The van der Waals surface area contributed by atoms with E-state index in [0.717, 1.165) is 24.5 Å². The standard InChI is InChI=1S/C23H34N2O6S/c1-16-5-7-19(8-6-16)31-20-9-10-24-18(11-20)12-23(30-15-29-4)21(13-32-17(2)26)25(14-28-3)22(23)27/h9-11,16,19,21H,5-8,12-15H2,1-4H3/t16?,19?,21-,23+/m0/s1. The second-order valence-corrected chi connectivity index (χ2v) is 9.81. The molecule has 1 aliphatic carbocycles. The van der Waals surface area contributed by atoms with Crippen LogP contribution in [-0.2, 0) is 30.2 Å². The topological polar surface area (TPSA) is 87.2 Å². The summed E-state index contributed by atoms with van der Waals surface area (Å²) in [5, 5.41) is -0.0160. The number of aromatic nitrogens is 1. The number of amides is 1. The van der Waals surface area contributed by atoms with E-state index in [9.17, 15) is 9.59 Å². The van der Waals surface area contributed by atoms with Crippen molar-refractivity contribution in [2.75, 3.05) is 33.5 Å². The van der Waals surface area contributed by atoms with Gasteiger partial charge in [0, 0.05) is 51.3 Å². The maximum atomic E-state index is 13.2. The van der Waals surface area contributed by atoms with E-state index in [0.29, 0.717) is 11.4 Å². The molecule has 1 saturated heterocycles. The molecule has 0 unspecified atom stereocenters. The zero-order chi connectivity index (χ0) is 23.1. The fourth-order valence-electron chi connectivity index (χ4n) is 4.42. The number of pyridine rings is 1. The van der Waals surface area contributed by atoms with E-state index >= 15 is 0 Å². The molecular weight excluding hydrogens is 432 g/mol. The quantitative estimate of drug-likeness (QED) is 0.363. The second kappa shape index (κ2) is 11.4. The average Bonchev–Trinajstić information content (AvgIpc) is 2.77. The smallest absolute Gasteiger partial charge is 0.259 e. The number of hydrogen-bond donors (Lipinski definition) is 0. The molecule has 2 aliphatic rings. The van der Waals surface area contributed by atoms with E-state index in [1.165, 1.54) is 45.7 Å². The summed E-state index contributed by atoms with van der Waals surface area (Å²) < 4.78 is 22.5. The van der Waals surface area contributed by atoms with Crippen LogP contribution < -0.4 is 4.74 Å². The summed E-state index contributed by atoms with van der Waals surface area (Å²) in [6, 6.07) is 3.40. The molecular formula is C23H34N2O6S. The Bertz CT molecular complexity index is 786. The van der Waals surface area contributed by atoms with Gasteiger partial charge >= 0.3 is 0 Å². The summed E-state index contributed by atoms with van der Waals surface area (Å²) in [6.45, 7) is 3.89. The van der Waals surface area contributed by atoms with E-state index in [1.54, 1.807) is 11.1 Å². The van der Waals surface area contributed by atoms with Crippen molar-refractivity contribution in [1.29, 1.82) is 0 Å². The van der Waals surface area contributed by atoms with Crippen molar-refractivity contribution in [3.05, 3.63) is 24.0 Å². The number of carbonyl (C=O) groups excluding carboxylic acids is 2. The van der Waals surface area contributed by atoms with Crippen LogP contribution in [0, 0.1) is 5.92 Å². The lowest BCUT2D eigenvalue weighted by molar-refractivity contribution is -0.229. The van der Waals surface area contributed by atoms with Crippen molar-refractivity contribution in [1.82, 2.24) is 9.88 Å². The zero-order valence-electron chi connectivity index (χ0n) is 19.4. The first-order valence-electron chi connectivity index (χ1n) is 11.1. The highest BCUT2D eigenvalue weighted by atomic mass is 32.2. The van der Waals surface area contributed by atoms with Gasteiger partial charge in [-0.1, -0.05) is 18.7 Å². The van der Waals surface area contributed by atoms with Gasteiger partial charge < -0.3 is 23.8 Å². The number of rotatable bonds is 11. The lowest BCUT2D eigenvalue weighted by atomic mass is 9.79. The maximum Gasteiger partial charge on any atom is 0.259 e. The molecule has 1 amide bonds. The molecule has 1 saturated carbocycles. The lowest BCUT2D eigenvalue weighted by Gasteiger charge is -2.54. The van der Waals surface area contributed by atoms with Gasteiger partial charge in [-0.05, 0) is 37.7 Å². The Morgan fingerprint density at radius 3 is 2.66 bits per heavy atom. The number of carbonyl (C=O) groups is 2. The monoisotopic (exact) mass is 466 g/mol. The Balaban J connectivity index is 1.78. The van der Waals surface area contributed by atoms with Crippen LogP contribution in [0.5, 0.6) is 5.75 Å². The van der Waals surface area contributed by atoms with Crippen molar-refractivity contribution in [2.45, 2.75) is 63.7 Å². The van der Waals surface area contributed by atoms with E-state index in [2.05, 4.69) is 11.9 Å². The molecule has 0 spiro atoms.